The Morgan fingerprint density at radius 1 is 0.850 bits per heavy atom. The van der Waals surface area contributed by atoms with Crippen molar-refractivity contribution in [3.05, 3.63) is 23.8 Å². The summed E-state index contributed by atoms with van der Waals surface area (Å²) in [6.45, 7) is 9.75. The van der Waals surface area contributed by atoms with Crippen LogP contribution in [-0.2, 0) is 35.0 Å². The van der Waals surface area contributed by atoms with Gasteiger partial charge in [-0.3, -0.25) is 9.59 Å². The molecule has 0 fully saturated rings. The molecule has 0 aliphatic heterocycles. The average Bonchev–Trinajstić information content (AvgIpc) is 2.90. The monoisotopic (exact) mass is 567 g/mol. The molecule has 2 unspecified atom stereocenters. The third kappa shape index (κ3) is 14.2. The topological polar surface area (TPSA) is 136 Å². The van der Waals surface area contributed by atoms with Crippen LogP contribution in [0.25, 0.3) is 0 Å². The van der Waals surface area contributed by atoms with Crippen molar-refractivity contribution in [3.63, 3.8) is 0 Å². The van der Waals surface area contributed by atoms with Crippen LogP contribution in [0.15, 0.2) is 18.2 Å². The number of ether oxygens (including phenoxy) is 6. The number of benzene rings is 1. The van der Waals surface area contributed by atoms with E-state index in [1.54, 1.807) is 19.9 Å². The maximum atomic E-state index is 12.4. The number of nitrogens with one attached hydrogen (secondary N) is 1. The first kappa shape index (κ1) is 34.7. The Morgan fingerprint density at radius 3 is 2.00 bits per heavy atom. The molecule has 0 heterocycles. The van der Waals surface area contributed by atoms with E-state index in [-0.39, 0.29) is 49.2 Å². The highest BCUT2D eigenvalue weighted by atomic mass is 16.7. The quantitative estimate of drug-likeness (QED) is 0.104. The van der Waals surface area contributed by atoms with Gasteiger partial charge in [-0.2, -0.15) is 0 Å². The van der Waals surface area contributed by atoms with E-state index in [0.717, 1.165) is 25.7 Å². The highest BCUT2D eigenvalue weighted by molar-refractivity contribution is 5.76. The second kappa shape index (κ2) is 19.7. The first-order chi connectivity index (χ1) is 19.1. The number of unbranched alkanes of at least 4 members (excludes halogenated alkanes) is 1. The van der Waals surface area contributed by atoms with E-state index in [0.29, 0.717) is 24.8 Å². The molecule has 0 spiro atoms. The van der Waals surface area contributed by atoms with Crippen LogP contribution in [0.2, 0.25) is 0 Å². The molecule has 40 heavy (non-hydrogen) atoms. The summed E-state index contributed by atoms with van der Waals surface area (Å²) in [7, 11) is 1.27. The Hall–Kier alpha value is -3.34. The van der Waals surface area contributed by atoms with Crippen molar-refractivity contribution < 1.29 is 47.6 Å². The third-order valence-electron chi connectivity index (χ3n) is 5.80. The van der Waals surface area contributed by atoms with Crippen LogP contribution in [0.1, 0.15) is 85.1 Å². The highest BCUT2D eigenvalue weighted by Crippen LogP contribution is 2.30. The lowest BCUT2D eigenvalue weighted by Crippen LogP contribution is -2.41. The van der Waals surface area contributed by atoms with Crippen LogP contribution in [0, 0.1) is 0 Å². The van der Waals surface area contributed by atoms with Crippen molar-refractivity contribution in [2.24, 2.45) is 0 Å². The van der Waals surface area contributed by atoms with Gasteiger partial charge in [-0.05, 0) is 57.2 Å². The van der Waals surface area contributed by atoms with Gasteiger partial charge in [0.25, 0.3) is 0 Å². The van der Waals surface area contributed by atoms with Gasteiger partial charge in [0, 0.05) is 13.0 Å². The van der Waals surface area contributed by atoms with Gasteiger partial charge in [-0.1, -0.05) is 46.1 Å². The molecule has 0 aliphatic carbocycles. The number of hydrogen-bond acceptors (Lipinski definition) is 11. The summed E-state index contributed by atoms with van der Waals surface area (Å²) >= 11 is 0. The molecule has 1 N–H and O–H groups in total. The highest BCUT2D eigenvalue weighted by Gasteiger charge is 2.23. The Bertz CT molecular complexity index is 935. The molecule has 0 aromatic heterocycles. The predicted octanol–water partition coefficient (Wildman–Crippen LogP) is 5.50. The maximum absolute atomic E-state index is 12.4. The molecule has 1 aromatic carbocycles. The molecule has 11 heteroatoms. The minimum Gasteiger partial charge on any atom is -0.468 e. The van der Waals surface area contributed by atoms with Crippen LogP contribution in [0.5, 0.6) is 11.5 Å². The van der Waals surface area contributed by atoms with E-state index in [1.807, 2.05) is 20.8 Å². The van der Waals surface area contributed by atoms with Crippen LogP contribution in [0.3, 0.4) is 0 Å². The second-order valence-electron chi connectivity index (χ2n) is 9.48. The molecule has 0 bridgehead atoms. The third-order valence-corrected chi connectivity index (χ3v) is 5.80. The van der Waals surface area contributed by atoms with E-state index in [1.165, 1.54) is 19.2 Å². The van der Waals surface area contributed by atoms with Crippen molar-refractivity contribution in [3.8, 4) is 11.5 Å². The van der Waals surface area contributed by atoms with Gasteiger partial charge in [0.05, 0.1) is 7.11 Å². The van der Waals surface area contributed by atoms with E-state index in [2.05, 4.69) is 5.32 Å². The molecular weight excluding hydrogens is 522 g/mol. The standard InChI is InChI=1S/C29H45NO10/c1-7-10-13-26(31)36-17-16-30-23(27(32)35-6)18-22-14-15-24(39-28(33)37-20(4)11-8-2)25(19-22)40-29(34)38-21(5)12-9-3/h14-15,19-21,23,30H,7-13,16-18H2,1-6H3/t20?,21?,23-/m0/s1. The molecule has 0 saturated carbocycles. The normalized spacial score (nSPS) is 12.9. The number of carbonyl (C=O) groups is 4. The van der Waals surface area contributed by atoms with Gasteiger partial charge >= 0.3 is 24.2 Å². The van der Waals surface area contributed by atoms with Crippen molar-refractivity contribution >= 4 is 24.2 Å². The molecule has 1 aromatic rings. The molecular formula is C29H45NO10. The molecule has 1 rings (SSSR count). The Labute approximate surface area is 237 Å². The maximum Gasteiger partial charge on any atom is 0.514 e. The molecule has 226 valence electrons. The van der Waals surface area contributed by atoms with Crippen molar-refractivity contribution in [2.45, 2.75) is 104 Å². The smallest absolute Gasteiger partial charge is 0.468 e. The molecule has 0 radical (unpaired) electrons. The Morgan fingerprint density at radius 2 is 1.45 bits per heavy atom. The fourth-order valence-electron chi connectivity index (χ4n) is 3.74. The van der Waals surface area contributed by atoms with Crippen LogP contribution < -0.4 is 14.8 Å². The fraction of sp³-hybridized carbons (Fsp3) is 0.655. The summed E-state index contributed by atoms with van der Waals surface area (Å²) in [6.07, 6.45) is 2.49. The summed E-state index contributed by atoms with van der Waals surface area (Å²) < 4.78 is 31.3. The van der Waals surface area contributed by atoms with Crippen LogP contribution in [-0.4, -0.2) is 62.8 Å². The zero-order valence-electron chi connectivity index (χ0n) is 24.6. The number of esters is 2. The van der Waals surface area contributed by atoms with Gasteiger partial charge in [0.15, 0.2) is 11.5 Å². The minimum absolute atomic E-state index is 0.0425. The number of methoxy groups -OCH3 is 1. The first-order valence-corrected chi connectivity index (χ1v) is 14.0. The first-order valence-electron chi connectivity index (χ1n) is 14.0. The van der Waals surface area contributed by atoms with Gasteiger partial charge in [-0.15, -0.1) is 0 Å². The molecule has 0 saturated heterocycles. The summed E-state index contributed by atoms with van der Waals surface area (Å²) in [5.74, 6) is -0.932. The van der Waals surface area contributed by atoms with Crippen molar-refractivity contribution in [1.29, 1.82) is 0 Å². The molecule has 0 aliphatic rings. The van der Waals surface area contributed by atoms with E-state index < -0.39 is 24.3 Å². The number of carbonyl (C=O) groups excluding carboxylic acids is 4. The Balaban J connectivity index is 3.02. The summed E-state index contributed by atoms with van der Waals surface area (Å²) in [5, 5.41) is 3.02. The summed E-state index contributed by atoms with van der Waals surface area (Å²) in [4.78, 5) is 48.9. The largest absolute Gasteiger partial charge is 0.514 e. The van der Waals surface area contributed by atoms with Crippen molar-refractivity contribution in [1.82, 2.24) is 5.32 Å². The predicted molar refractivity (Wildman–Crippen MR) is 147 cm³/mol. The SMILES string of the molecule is CCCCC(=O)OCCN[C@@H](Cc1ccc(OC(=O)OC(C)CCC)c(OC(=O)OC(C)CCC)c1)C(=O)OC. The average molecular weight is 568 g/mol. The summed E-state index contributed by atoms with van der Waals surface area (Å²) in [6, 6.07) is 3.77. The van der Waals surface area contributed by atoms with E-state index in [4.69, 9.17) is 28.4 Å². The van der Waals surface area contributed by atoms with Gasteiger partial charge < -0.3 is 33.7 Å². The number of hydrogen-bond donors (Lipinski definition) is 1. The second-order valence-corrected chi connectivity index (χ2v) is 9.48. The zero-order chi connectivity index (χ0) is 29.9. The van der Waals surface area contributed by atoms with Gasteiger partial charge in [0.1, 0.15) is 24.9 Å². The zero-order valence-corrected chi connectivity index (χ0v) is 24.6. The lowest BCUT2D eigenvalue weighted by Gasteiger charge is -2.18. The summed E-state index contributed by atoms with van der Waals surface area (Å²) in [5.41, 5.74) is 0.576. The molecule has 0 amide bonds. The van der Waals surface area contributed by atoms with E-state index >= 15 is 0 Å². The van der Waals surface area contributed by atoms with Crippen LogP contribution in [0.4, 0.5) is 9.59 Å². The van der Waals surface area contributed by atoms with E-state index in [9.17, 15) is 19.2 Å². The fourth-order valence-corrected chi connectivity index (χ4v) is 3.74. The number of rotatable bonds is 18. The molecule has 3 atom stereocenters. The minimum atomic E-state index is -0.955. The van der Waals surface area contributed by atoms with Crippen molar-refractivity contribution in [2.75, 3.05) is 20.3 Å². The lowest BCUT2D eigenvalue weighted by atomic mass is 10.1. The Kier molecular flexibility index (Phi) is 17.1. The van der Waals surface area contributed by atoms with Gasteiger partial charge in [-0.25, -0.2) is 9.59 Å². The lowest BCUT2D eigenvalue weighted by molar-refractivity contribution is -0.144. The van der Waals surface area contributed by atoms with Gasteiger partial charge in [0.2, 0.25) is 0 Å². The molecule has 11 nitrogen and oxygen atoms in total. The van der Waals surface area contributed by atoms with Crippen LogP contribution >= 0.6 is 0 Å².